The van der Waals surface area contributed by atoms with Crippen molar-refractivity contribution < 1.29 is 14.3 Å². The van der Waals surface area contributed by atoms with Crippen LogP contribution in [0.5, 0.6) is 0 Å². The molecule has 0 saturated carbocycles. The molecule has 0 saturated heterocycles. The monoisotopic (exact) mass is 310 g/mol. The molecule has 2 rings (SSSR count). The molecule has 0 radical (unpaired) electrons. The fourth-order valence-electron chi connectivity index (χ4n) is 2.73. The topological polar surface area (TPSA) is 43.4 Å². The summed E-state index contributed by atoms with van der Waals surface area (Å²) in [6.45, 7) is 2.02. The molecule has 1 atom stereocenters. The second-order valence-electron chi connectivity index (χ2n) is 5.50. The van der Waals surface area contributed by atoms with E-state index >= 15 is 0 Å². The minimum atomic E-state index is -0.815. The van der Waals surface area contributed by atoms with Crippen LogP contribution in [0.4, 0.5) is 0 Å². The second-order valence-corrected chi connectivity index (χ2v) is 5.50. The van der Waals surface area contributed by atoms with Crippen molar-refractivity contribution in [1.29, 1.82) is 0 Å². The van der Waals surface area contributed by atoms with E-state index in [1.165, 1.54) is 0 Å². The average molecular weight is 310 g/mol. The first-order valence-corrected chi connectivity index (χ1v) is 7.90. The molecular formula is C20H22O3. The number of hydrogen-bond donors (Lipinski definition) is 0. The summed E-state index contributed by atoms with van der Waals surface area (Å²) >= 11 is 0. The lowest BCUT2D eigenvalue weighted by atomic mass is 9.84. The summed E-state index contributed by atoms with van der Waals surface area (Å²) in [6, 6.07) is 17.9. The van der Waals surface area contributed by atoms with Crippen molar-refractivity contribution in [1.82, 2.24) is 0 Å². The standard InChI is InChI=1S/C20H22O3/c1-3-10-17(23-2)18(19(21)15-11-6-4-7-12-15)20(22)16-13-8-5-9-14-16/h4-9,11-14,17-18H,3,10H2,1-2H3. The Morgan fingerprint density at radius 1 is 0.870 bits per heavy atom. The molecule has 0 aliphatic rings. The average Bonchev–Trinajstić information content (AvgIpc) is 2.62. The fourth-order valence-corrected chi connectivity index (χ4v) is 2.73. The third kappa shape index (κ3) is 4.14. The first kappa shape index (κ1) is 17.1. The van der Waals surface area contributed by atoms with Crippen LogP contribution < -0.4 is 0 Å². The van der Waals surface area contributed by atoms with Crippen LogP contribution in [0.25, 0.3) is 0 Å². The lowest BCUT2D eigenvalue weighted by Gasteiger charge is -2.24. The van der Waals surface area contributed by atoms with Gasteiger partial charge in [-0.1, -0.05) is 74.0 Å². The SMILES string of the molecule is CCCC(OC)C(C(=O)c1ccccc1)C(=O)c1ccccc1. The minimum Gasteiger partial charge on any atom is -0.380 e. The molecule has 120 valence electrons. The molecular weight excluding hydrogens is 288 g/mol. The third-order valence-corrected chi connectivity index (χ3v) is 3.93. The Balaban J connectivity index is 2.39. The number of ketones is 2. The van der Waals surface area contributed by atoms with Crippen LogP contribution in [-0.2, 0) is 4.74 Å². The number of rotatable bonds is 8. The zero-order chi connectivity index (χ0) is 16.7. The minimum absolute atomic E-state index is 0.181. The molecule has 0 aliphatic carbocycles. The molecule has 3 nitrogen and oxygen atoms in total. The van der Waals surface area contributed by atoms with Crippen molar-refractivity contribution >= 4 is 11.6 Å². The van der Waals surface area contributed by atoms with Crippen molar-refractivity contribution in [3.63, 3.8) is 0 Å². The highest BCUT2D eigenvalue weighted by Crippen LogP contribution is 2.23. The number of benzene rings is 2. The van der Waals surface area contributed by atoms with Gasteiger partial charge in [0, 0.05) is 18.2 Å². The lowest BCUT2D eigenvalue weighted by Crippen LogP contribution is -2.36. The summed E-state index contributed by atoms with van der Waals surface area (Å²) in [6.07, 6.45) is 1.10. The maximum Gasteiger partial charge on any atom is 0.176 e. The summed E-state index contributed by atoms with van der Waals surface area (Å²) in [4.78, 5) is 25.9. The van der Waals surface area contributed by atoms with Crippen LogP contribution in [0.2, 0.25) is 0 Å². The molecule has 23 heavy (non-hydrogen) atoms. The van der Waals surface area contributed by atoms with Crippen LogP contribution in [-0.4, -0.2) is 24.8 Å². The Bertz CT molecular complexity index is 583. The summed E-state index contributed by atoms with van der Waals surface area (Å²) in [7, 11) is 1.56. The number of carbonyl (C=O) groups is 2. The van der Waals surface area contributed by atoms with Crippen molar-refractivity contribution in [2.45, 2.75) is 25.9 Å². The van der Waals surface area contributed by atoms with Crippen LogP contribution >= 0.6 is 0 Å². The smallest absolute Gasteiger partial charge is 0.176 e. The van der Waals surface area contributed by atoms with Crippen molar-refractivity contribution in [3.8, 4) is 0 Å². The number of Topliss-reactive ketones (excluding diaryl/α,β-unsaturated/α-hetero) is 2. The van der Waals surface area contributed by atoms with E-state index in [0.29, 0.717) is 17.5 Å². The summed E-state index contributed by atoms with van der Waals surface area (Å²) in [5.74, 6) is -1.18. The maximum atomic E-state index is 12.9. The predicted molar refractivity (Wildman–Crippen MR) is 90.7 cm³/mol. The van der Waals surface area contributed by atoms with E-state index in [2.05, 4.69) is 0 Å². The van der Waals surface area contributed by atoms with Gasteiger partial charge in [-0.15, -0.1) is 0 Å². The highest BCUT2D eigenvalue weighted by molar-refractivity contribution is 6.16. The predicted octanol–water partition coefficient (Wildman–Crippen LogP) is 4.18. The second kappa shape index (κ2) is 8.39. The van der Waals surface area contributed by atoms with Crippen molar-refractivity contribution in [2.24, 2.45) is 5.92 Å². The molecule has 0 fully saturated rings. The molecule has 2 aromatic rings. The molecule has 3 heteroatoms. The van der Waals surface area contributed by atoms with Gasteiger partial charge in [0.15, 0.2) is 11.6 Å². The molecule has 0 heterocycles. The van der Waals surface area contributed by atoms with Crippen LogP contribution in [0, 0.1) is 5.92 Å². The van der Waals surface area contributed by atoms with E-state index in [1.54, 1.807) is 55.6 Å². The van der Waals surface area contributed by atoms with Gasteiger partial charge in [-0.25, -0.2) is 0 Å². The van der Waals surface area contributed by atoms with Gasteiger partial charge < -0.3 is 4.74 Å². The van der Waals surface area contributed by atoms with E-state index in [4.69, 9.17) is 4.74 Å². The Hall–Kier alpha value is -2.26. The van der Waals surface area contributed by atoms with E-state index in [1.807, 2.05) is 19.1 Å². The Labute approximate surface area is 137 Å². The van der Waals surface area contributed by atoms with Gasteiger partial charge in [0.1, 0.15) is 5.92 Å². The maximum absolute atomic E-state index is 12.9. The van der Waals surface area contributed by atoms with Gasteiger partial charge >= 0.3 is 0 Å². The summed E-state index contributed by atoms with van der Waals surface area (Å²) in [5, 5.41) is 0. The van der Waals surface area contributed by atoms with Crippen molar-refractivity contribution in [2.75, 3.05) is 7.11 Å². The Morgan fingerprint density at radius 3 is 1.65 bits per heavy atom. The molecule has 0 amide bonds. The number of methoxy groups -OCH3 is 1. The van der Waals surface area contributed by atoms with Crippen molar-refractivity contribution in [3.05, 3.63) is 71.8 Å². The number of hydrogen-bond acceptors (Lipinski definition) is 3. The first-order chi connectivity index (χ1) is 11.2. The van der Waals surface area contributed by atoms with Gasteiger partial charge in [0.2, 0.25) is 0 Å². The fraction of sp³-hybridized carbons (Fsp3) is 0.300. The van der Waals surface area contributed by atoms with Crippen LogP contribution in [0.15, 0.2) is 60.7 Å². The van der Waals surface area contributed by atoms with Gasteiger partial charge in [-0.2, -0.15) is 0 Å². The highest BCUT2D eigenvalue weighted by atomic mass is 16.5. The molecule has 1 unspecified atom stereocenters. The quantitative estimate of drug-likeness (QED) is 0.542. The van der Waals surface area contributed by atoms with Gasteiger partial charge in [-0.3, -0.25) is 9.59 Å². The lowest BCUT2D eigenvalue weighted by molar-refractivity contribution is 0.0365. The Kier molecular flexibility index (Phi) is 6.24. The van der Waals surface area contributed by atoms with Gasteiger partial charge in [0.25, 0.3) is 0 Å². The zero-order valence-electron chi connectivity index (χ0n) is 13.6. The Morgan fingerprint density at radius 2 is 1.30 bits per heavy atom. The summed E-state index contributed by atoms with van der Waals surface area (Å²) < 4.78 is 5.50. The van der Waals surface area contributed by atoms with Gasteiger partial charge in [0.05, 0.1) is 6.10 Å². The zero-order valence-corrected chi connectivity index (χ0v) is 13.6. The molecule has 2 aromatic carbocycles. The van der Waals surface area contributed by atoms with E-state index < -0.39 is 12.0 Å². The first-order valence-electron chi connectivity index (χ1n) is 7.90. The molecule has 0 aromatic heterocycles. The molecule has 0 bridgehead atoms. The number of ether oxygens (including phenoxy) is 1. The summed E-state index contributed by atoms with van der Waals surface area (Å²) in [5.41, 5.74) is 1.08. The van der Waals surface area contributed by atoms with Gasteiger partial charge in [-0.05, 0) is 6.42 Å². The van der Waals surface area contributed by atoms with Crippen LogP contribution in [0.3, 0.4) is 0 Å². The molecule has 0 aliphatic heterocycles. The number of carbonyl (C=O) groups excluding carboxylic acids is 2. The van der Waals surface area contributed by atoms with E-state index in [-0.39, 0.29) is 11.6 Å². The van der Waals surface area contributed by atoms with E-state index in [9.17, 15) is 9.59 Å². The highest BCUT2D eigenvalue weighted by Gasteiger charge is 2.35. The largest absolute Gasteiger partial charge is 0.380 e. The normalized spacial score (nSPS) is 12.1. The molecule has 0 N–H and O–H groups in total. The van der Waals surface area contributed by atoms with Crippen LogP contribution in [0.1, 0.15) is 40.5 Å². The van der Waals surface area contributed by atoms with E-state index in [0.717, 1.165) is 6.42 Å². The third-order valence-electron chi connectivity index (χ3n) is 3.93. The molecule has 0 spiro atoms.